The number of amides is 1. The Morgan fingerprint density at radius 1 is 1.20 bits per heavy atom. The van der Waals surface area contributed by atoms with E-state index >= 15 is 0 Å². The molecule has 0 aliphatic heterocycles. The van der Waals surface area contributed by atoms with E-state index in [1.807, 2.05) is 13.8 Å². The lowest BCUT2D eigenvalue weighted by Crippen LogP contribution is -2.18. The van der Waals surface area contributed by atoms with Crippen LogP contribution < -0.4 is 10.6 Å². The highest BCUT2D eigenvalue weighted by Gasteiger charge is 2.07. The minimum absolute atomic E-state index is 0.0802. The second-order valence-electron chi connectivity index (χ2n) is 4.71. The molecule has 0 aliphatic rings. The van der Waals surface area contributed by atoms with Gasteiger partial charge in [-0.3, -0.25) is 4.79 Å². The highest BCUT2D eigenvalue weighted by Crippen LogP contribution is 2.17. The van der Waals surface area contributed by atoms with Crippen molar-refractivity contribution in [2.45, 2.75) is 13.8 Å². The van der Waals surface area contributed by atoms with Crippen molar-refractivity contribution < 1.29 is 9.18 Å². The van der Waals surface area contributed by atoms with Gasteiger partial charge in [-0.1, -0.05) is 19.9 Å². The van der Waals surface area contributed by atoms with Crippen LogP contribution in [0.3, 0.4) is 0 Å². The second kappa shape index (κ2) is 6.14. The Morgan fingerprint density at radius 2 is 2.00 bits per heavy atom. The summed E-state index contributed by atoms with van der Waals surface area (Å²) in [6, 6.07) is 9.64. The first-order valence-electron chi connectivity index (χ1n) is 6.34. The van der Waals surface area contributed by atoms with Gasteiger partial charge in [0.25, 0.3) is 0 Å². The van der Waals surface area contributed by atoms with E-state index in [2.05, 4.69) is 15.6 Å². The predicted octanol–water partition coefficient (Wildman–Crippen LogP) is 3.56. The Labute approximate surface area is 117 Å². The van der Waals surface area contributed by atoms with Crippen LogP contribution in [0.1, 0.15) is 13.8 Å². The van der Waals surface area contributed by atoms with Crippen molar-refractivity contribution in [1.29, 1.82) is 0 Å². The first-order chi connectivity index (χ1) is 9.54. The number of carbonyl (C=O) groups excluding carboxylic acids is 1. The van der Waals surface area contributed by atoms with Crippen molar-refractivity contribution in [2.75, 3.05) is 10.6 Å². The van der Waals surface area contributed by atoms with Crippen LogP contribution >= 0.6 is 0 Å². The molecule has 104 valence electrons. The van der Waals surface area contributed by atoms with Gasteiger partial charge in [-0.15, -0.1) is 0 Å². The molecule has 0 unspecified atom stereocenters. The van der Waals surface area contributed by atoms with Crippen LogP contribution in [-0.4, -0.2) is 10.9 Å². The molecule has 1 aromatic carbocycles. The maximum absolute atomic E-state index is 13.0. The highest BCUT2D eigenvalue weighted by molar-refractivity contribution is 5.91. The summed E-state index contributed by atoms with van der Waals surface area (Å²) in [5, 5.41) is 5.74. The molecule has 1 aromatic heterocycles. The summed E-state index contributed by atoms with van der Waals surface area (Å²) in [5.41, 5.74) is 1.36. The van der Waals surface area contributed by atoms with E-state index < -0.39 is 0 Å². The van der Waals surface area contributed by atoms with Crippen molar-refractivity contribution in [3.8, 4) is 0 Å². The van der Waals surface area contributed by atoms with Gasteiger partial charge in [-0.25, -0.2) is 9.37 Å². The van der Waals surface area contributed by atoms with E-state index in [1.165, 1.54) is 12.1 Å². The Balaban J connectivity index is 2.03. The van der Waals surface area contributed by atoms with Crippen LogP contribution in [0.15, 0.2) is 42.6 Å². The molecule has 0 saturated heterocycles. The number of pyridine rings is 1. The predicted molar refractivity (Wildman–Crippen MR) is 77.4 cm³/mol. The Kier molecular flexibility index (Phi) is 4.30. The van der Waals surface area contributed by atoms with E-state index in [4.69, 9.17) is 0 Å². The molecule has 0 atom stereocenters. The van der Waals surface area contributed by atoms with Gasteiger partial charge in [0.15, 0.2) is 0 Å². The van der Waals surface area contributed by atoms with E-state index in [1.54, 1.807) is 30.5 Å². The van der Waals surface area contributed by atoms with Crippen LogP contribution in [0.4, 0.5) is 21.6 Å². The lowest BCUT2D eigenvalue weighted by molar-refractivity contribution is -0.118. The van der Waals surface area contributed by atoms with E-state index in [0.717, 1.165) is 5.69 Å². The summed E-state index contributed by atoms with van der Waals surface area (Å²) in [7, 11) is 0. The molecule has 0 spiro atoms. The smallest absolute Gasteiger partial charge is 0.228 e. The minimum atomic E-state index is -0.302. The molecule has 0 aliphatic carbocycles. The summed E-state index contributed by atoms with van der Waals surface area (Å²) < 4.78 is 13.0. The topological polar surface area (TPSA) is 54.0 Å². The van der Waals surface area contributed by atoms with Gasteiger partial charge >= 0.3 is 0 Å². The fourth-order valence-electron chi connectivity index (χ4n) is 1.55. The molecule has 1 heterocycles. The lowest BCUT2D eigenvalue weighted by Gasteiger charge is -2.09. The van der Waals surface area contributed by atoms with Gasteiger partial charge in [0, 0.05) is 11.6 Å². The van der Waals surface area contributed by atoms with Gasteiger partial charge in [0.05, 0.1) is 11.9 Å². The average molecular weight is 273 g/mol. The van der Waals surface area contributed by atoms with E-state index in [-0.39, 0.29) is 17.6 Å². The van der Waals surface area contributed by atoms with Crippen molar-refractivity contribution in [3.05, 3.63) is 48.4 Å². The van der Waals surface area contributed by atoms with Gasteiger partial charge < -0.3 is 10.6 Å². The zero-order chi connectivity index (χ0) is 14.5. The van der Waals surface area contributed by atoms with Gasteiger partial charge in [0.2, 0.25) is 5.91 Å². The fraction of sp³-hybridized carbons (Fsp3) is 0.200. The molecular weight excluding hydrogens is 257 g/mol. The number of hydrogen-bond acceptors (Lipinski definition) is 3. The normalized spacial score (nSPS) is 10.4. The van der Waals surface area contributed by atoms with Crippen molar-refractivity contribution in [1.82, 2.24) is 4.98 Å². The monoisotopic (exact) mass is 273 g/mol. The maximum Gasteiger partial charge on any atom is 0.228 e. The van der Waals surface area contributed by atoms with Crippen LogP contribution in [0.5, 0.6) is 0 Å². The van der Waals surface area contributed by atoms with E-state index in [0.29, 0.717) is 11.5 Å². The minimum Gasteiger partial charge on any atom is -0.354 e. The number of rotatable bonds is 4. The lowest BCUT2D eigenvalue weighted by atomic mass is 10.2. The van der Waals surface area contributed by atoms with Crippen molar-refractivity contribution >= 4 is 23.1 Å². The molecule has 1 amide bonds. The van der Waals surface area contributed by atoms with E-state index in [9.17, 15) is 9.18 Å². The van der Waals surface area contributed by atoms with Gasteiger partial charge in [-0.05, 0) is 30.3 Å². The number of hydrogen-bond donors (Lipinski definition) is 2. The standard InChI is InChI=1S/C15H16FN3O/c1-10(2)15(20)19-14-7-6-13(9-17-14)18-12-5-3-4-11(16)8-12/h3-10,18H,1-2H3,(H,17,19,20). The molecule has 0 fully saturated rings. The number of benzene rings is 1. The number of halogens is 1. The number of carbonyl (C=O) groups is 1. The first-order valence-corrected chi connectivity index (χ1v) is 6.34. The molecule has 2 rings (SSSR count). The third-order valence-corrected chi connectivity index (χ3v) is 2.65. The fourth-order valence-corrected chi connectivity index (χ4v) is 1.55. The molecule has 20 heavy (non-hydrogen) atoms. The Bertz CT molecular complexity index is 596. The number of anilines is 3. The summed E-state index contributed by atoms with van der Waals surface area (Å²) in [6.07, 6.45) is 1.58. The average Bonchev–Trinajstić information content (AvgIpc) is 2.41. The first kappa shape index (κ1) is 14.0. The van der Waals surface area contributed by atoms with Crippen LogP contribution in [0, 0.1) is 11.7 Å². The zero-order valence-corrected chi connectivity index (χ0v) is 11.4. The third-order valence-electron chi connectivity index (χ3n) is 2.65. The van der Waals surface area contributed by atoms with Crippen LogP contribution in [-0.2, 0) is 4.79 Å². The largest absolute Gasteiger partial charge is 0.354 e. The zero-order valence-electron chi connectivity index (χ0n) is 11.4. The van der Waals surface area contributed by atoms with Crippen LogP contribution in [0.25, 0.3) is 0 Å². The van der Waals surface area contributed by atoms with Crippen molar-refractivity contribution in [2.24, 2.45) is 5.92 Å². The Hall–Kier alpha value is -2.43. The number of nitrogens with zero attached hydrogens (tertiary/aromatic N) is 1. The second-order valence-corrected chi connectivity index (χ2v) is 4.71. The van der Waals surface area contributed by atoms with Crippen LogP contribution in [0.2, 0.25) is 0 Å². The van der Waals surface area contributed by atoms with Crippen molar-refractivity contribution in [3.63, 3.8) is 0 Å². The van der Waals surface area contributed by atoms with Gasteiger partial charge in [-0.2, -0.15) is 0 Å². The third kappa shape index (κ3) is 3.78. The molecule has 0 bridgehead atoms. The molecule has 0 radical (unpaired) electrons. The number of nitrogens with one attached hydrogen (secondary N) is 2. The quantitative estimate of drug-likeness (QED) is 0.895. The molecule has 4 nitrogen and oxygen atoms in total. The molecule has 5 heteroatoms. The molecule has 2 aromatic rings. The molecule has 2 N–H and O–H groups in total. The highest BCUT2D eigenvalue weighted by atomic mass is 19.1. The maximum atomic E-state index is 13.0. The summed E-state index contributed by atoms with van der Waals surface area (Å²) in [6.45, 7) is 3.63. The summed E-state index contributed by atoms with van der Waals surface area (Å²) >= 11 is 0. The number of aromatic nitrogens is 1. The molecule has 0 saturated carbocycles. The Morgan fingerprint density at radius 3 is 2.60 bits per heavy atom. The van der Waals surface area contributed by atoms with Gasteiger partial charge in [0.1, 0.15) is 11.6 Å². The molecular formula is C15H16FN3O. The SMILES string of the molecule is CC(C)C(=O)Nc1ccc(Nc2cccc(F)c2)cn1. The summed E-state index contributed by atoms with van der Waals surface area (Å²) in [4.78, 5) is 15.6. The summed E-state index contributed by atoms with van der Waals surface area (Å²) in [5.74, 6) is 0.0162.